The second kappa shape index (κ2) is 17.9. The lowest BCUT2D eigenvalue weighted by atomic mass is 10.1. The number of hydrogen-bond acceptors (Lipinski definition) is 5. The van der Waals surface area contributed by atoms with Crippen molar-refractivity contribution >= 4 is 17.9 Å². The van der Waals surface area contributed by atoms with E-state index < -0.39 is 5.97 Å². The van der Waals surface area contributed by atoms with Gasteiger partial charge < -0.3 is 9.47 Å². The van der Waals surface area contributed by atoms with Gasteiger partial charge in [-0.3, -0.25) is 9.98 Å². The average Bonchev–Trinajstić information content (AvgIpc) is 2.96. The molecule has 38 heavy (non-hydrogen) atoms. The van der Waals surface area contributed by atoms with Crippen molar-refractivity contribution < 1.29 is 14.3 Å². The molecule has 0 unspecified atom stereocenters. The number of esters is 1. The molecule has 1 heterocycles. The first-order chi connectivity index (χ1) is 18.7. The minimum Gasteiger partial charge on any atom is -0.494 e. The number of rotatable bonds is 18. The van der Waals surface area contributed by atoms with E-state index in [1.165, 1.54) is 70.6 Å². The normalized spacial score (nSPS) is 11.1. The first kappa shape index (κ1) is 29.1. The summed E-state index contributed by atoms with van der Waals surface area (Å²) in [5.74, 6) is 0.854. The lowest BCUT2D eigenvalue weighted by molar-refractivity contribution is 0.0734. The Morgan fingerprint density at radius 3 is 1.97 bits per heavy atom. The lowest BCUT2D eigenvalue weighted by Gasteiger charge is -2.08. The van der Waals surface area contributed by atoms with Crippen molar-refractivity contribution in [3.05, 3.63) is 84.2 Å². The van der Waals surface area contributed by atoms with E-state index in [0.717, 1.165) is 23.4 Å². The van der Waals surface area contributed by atoms with Crippen molar-refractivity contribution in [1.82, 2.24) is 4.98 Å². The van der Waals surface area contributed by atoms with Gasteiger partial charge in [-0.1, -0.05) is 83.6 Å². The molecule has 5 nitrogen and oxygen atoms in total. The van der Waals surface area contributed by atoms with Gasteiger partial charge in [-0.15, -0.1) is 0 Å². The fourth-order valence-corrected chi connectivity index (χ4v) is 4.19. The van der Waals surface area contributed by atoms with Gasteiger partial charge in [0.15, 0.2) is 0 Å². The Balaban J connectivity index is 1.27. The second-order valence-corrected chi connectivity index (χ2v) is 9.69. The first-order valence-corrected chi connectivity index (χ1v) is 14.2. The van der Waals surface area contributed by atoms with Crippen LogP contribution in [0, 0.1) is 0 Å². The van der Waals surface area contributed by atoms with Crippen molar-refractivity contribution in [3.8, 4) is 11.5 Å². The zero-order chi connectivity index (χ0) is 26.7. The number of nitrogens with zero attached hydrogens (tertiary/aromatic N) is 2. The number of unbranched alkanes of at least 4 members (excludes halogenated alkanes) is 11. The van der Waals surface area contributed by atoms with Crippen LogP contribution in [0.15, 0.2) is 78.0 Å². The second-order valence-electron chi connectivity index (χ2n) is 9.69. The molecule has 1 aromatic heterocycles. The van der Waals surface area contributed by atoms with Crippen molar-refractivity contribution in [3.63, 3.8) is 0 Å². The predicted molar refractivity (Wildman–Crippen MR) is 156 cm³/mol. The summed E-state index contributed by atoms with van der Waals surface area (Å²) in [5.41, 5.74) is 2.18. The Bertz CT molecular complexity index is 1060. The van der Waals surface area contributed by atoms with Gasteiger partial charge in [0.1, 0.15) is 11.5 Å². The topological polar surface area (TPSA) is 60.8 Å². The number of aliphatic imine (C=N–C) groups is 1. The summed E-state index contributed by atoms with van der Waals surface area (Å²) in [7, 11) is 0. The predicted octanol–water partition coefficient (Wildman–Crippen LogP) is 9.13. The molecule has 2 aromatic carbocycles. The molecule has 0 atom stereocenters. The summed E-state index contributed by atoms with van der Waals surface area (Å²) >= 11 is 0. The molecule has 0 radical (unpaired) electrons. The Labute approximate surface area is 228 Å². The molecule has 202 valence electrons. The van der Waals surface area contributed by atoms with Crippen molar-refractivity contribution in [2.24, 2.45) is 4.99 Å². The summed E-state index contributed by atoms with van der Waals surface area (Å²) < 4.78 is 11.3. The maximum atomic E-state index is 12.5. The highest BCUT2D eigenvalue weighted by molar-refractivity contribution is 5.91. The van der Waals surface area contributed by atoms with E-state index in [4.69, 9.17) is 9.47 Å². The molecule has 5 heteroatoms. The van der Waals surface area contributed by atoms with Crippen LogP contribution < -0.4 is 9.47 Å². The van der Waals surface area contributed by atoms with Crippen LogP contribution in [0.2, 0.25) is 0 Å². The van der Waals surface area contributed by atoms with Gasteiger partial charge in [0.25, 0.3) is 0 Å². The van der Waals surface area contributed by atoms with Crippen LogP contribution in [0.1, 0.15) is 99.9 Å². The van der Waals surface area contributed by atoms with Gasteiger partial charge in [-0.2, -0.15) is 0 Å². The summed E-state index contributed by atoms with van der Waals surface area (Å²) in [6.07, 6.45) is 21.1. The Morgan fingerprint density at radius 2 is 1.37 bits per heavy atom. The molecule has 3 aromatic rings. The summed E-state index contributed by atoms with van der Waals surface area (Å²) in [6.45, 7) is 2.97. The van der Waals surface area contributed by atoms with Gasteiger partial charge in [0.2, 0.25) is 0 Å². The maximum absolute atomic E-state index is 12.5. The van der Waals surface area contributed by atoms with E-state index in [0.29, 0.717) is 17.9 Å². The number of ether oxygens (including phenoxy) is 2. The highest BCUT2D eigenvalue weighted by Crippen LogP contribution is 2.20. The third-order valence-corrected chi connectivity index (χ3v) is 6.45. The SMILES string of the molecule is CCCCCCCCCCCCCCOc1ccc(C(=O)Oc2ccc(N=Cc3cccnc3)cc2)cc1. The average molecular weight is 515 g/mol. The van der Waals surface area contributed by atoms with Crippen molar-refractivity contribution in [2.45, 2.75) is 84.0 Å². The molecule has 0 aliphatic heterocycles. The van der Waals surface area contributed by atoms with Gasteiger partial charge in [0.05, 0.1) is 17.9 Å². The molecule has 0 aliphatic carbocycles. The molecule has 0 spiro atoms. The lowest BCUT2D eigenvalue weighted by Crippen LogP contribution is -2.08. The summed E-state index contributed by atoms with van der Waals surface area (Å²) in [4.78, 5) is 21.0. The monoisotopic (exact) mass is 514 g/mol. The maximum Gasteiger partial charge on any atom is 0.343 e. The number of hydrogen-bond donors (Lipinski definition) is 0. The number of carbonyl (C=O) groups is 1. The van der Waals surface area contributed by atoms with Gasteiger partial charge in [0, 0.05) is 24.2 Å². The van der Waals surface area contributed by atoms with Crippen molar-refractivity contribution in [1.29, 1.82) is 0 Å². The summed E-state index contributed by atoms with van der Waals surface area (Å²) in [5, 5.41) is 0. The van der Waals surface area contributed by atoms with Crippen LogP contribution in [0.3, 0.4) is 0 Å². The molecular weight excluding hydrogens is 472 g/mol. The molecule has 0 bridgehead atoms. The Kier molecular flexibility index (Phi) is 13.7. The minimum absolute atomic E-state index is 0.399. The van der Waals surface area contributed by atoms with E-state index in [9.17, 15) is 4.79 Å². The third kappa shape index (κ3) is 11.7. The van der Waals surface area contributed by atoms with Crippen LogP contribution in [0.5, 0.6) is 11.5 Å². The molecule has 0 fully saturated rings. The summed E-state index contributed by atoms with van der Waals surface area (Å²) in [6, 6.07) is 18.0. The minimum atomic E-state index is -0.399. The van der Waals surface area contributed by atoms with E-state index in [1.54, 1.807) is 42.9 Å². The van der Waals surface area contributed by atoms with Crippen LogP contribution in [-0.2, 0) is 0 Å². The molecule has 3 rings (SSSR count). The van der Waals surface area contributed by atoms with Crippen molar-refractivity contribution in [2.75, 3.05) is 6.61 Å². The van der Waals surface area contributed by atoms with Crippen LogP contribution in [0.4, 0.5) is 5.69 Å². The number of carbonyl (C=O) groups excluding carboxylic acids is 1. The van der Waals surface area contributed by atoms with Crippen LogP contribution in [0.25, 0.3) is 0 Å². The molecular formula is C33H42N2O3. The Hall–Kier alpha value is -3.47. The largest absolute Gasteiger partial charge is 0.494 e. The van der Waals surface area contributed by atoms with Crippen LogP contribution >= 0.6 is 0 Å². The number of aromatic nitrogens is 1. The number of benzene rings is 2. The molecule has 0 aliphatic rings. The smallest absolute Gasteiger partial charge is 0.343 e. The van der Waals surface area contributed by atoms with E-state index in [1.807, 2.05) is 36.4 Å². The van der Waals surface area contributed by atoms with E-state index in [-0.39, 0.29) is 0 Å². The van der Waals surface area contributed by atoms with E-state index >= 15 is 0 Å². The Morgan fingerprint density at radius 1 is 0.763 bits per heavy atom. The highest BCUT2D eigenvalue weighted by atomic mass is 16.5. The molecule has 0 saturated carbocycles. The highest BCUT2D eigenvalue weighted by Gasteiger charge is 2.09. The molecule has 0 saturated heterocycles. The van der Waals surface area contributed by atoms with Gasteiger partial charge in [-0.05, 0) is 61.0 Å². The quantitative estimate of drug-likeness (QED) is 0.0735. The van der Waals surface area contributed by atoms with E-state index in [2.05, 4.69) is 16.9 Å². The van der Waals surface area contributed by atoms with Gasteiger partial charge >= 0.3 is 5.97 Å². The molecule has 0 amide bonds. The fourth-order valence-electron chi connectivity index (χ4n) is 4.19. The number of pyridine rings is 1. The van der Waals surface area contributed by atoms with Gasteiger partial charge in [-0.25, -0.2) is 4.79 Å². The first-order valence-electron chi connectivity index (χ1n) is 14.2. The van der Waals surface area contributed by atoms with Crippen LogP contribution in [-0.4, -0.2) is 23.8 Å². The zero-order valence-corrected chi connectivity index (χ0v) is 22.8. The zero-order valence-electron chi connectivity index (χ0n) is 22.8. The third-order valence-electron chi connectivity index (χ3n) is 6.45. The molecule has 0 N–H and O–H groups in total. The standard InChI is InChI=1S/C33H42N2O3/c1-2-3-4-5-6-7-8-9-10-11-12-13-25-37-31-20-16-29(17-21-31)33(36)38-32-22-18-30(19-23-32)35-27-28-15-14-24-34-26-28/h14-24,26-27H,2-13,25H2,1H3. The fraction of sp³-hybridized carbons (Fsp3) is 0.424.